The van der Waals surface area contributed by atoms with Crippen LogP contribution in [0.25, 0.3) is 0 Å². The highest BCUT2D eigenvalue weighted by molar-refractivity contribution is 9.10. The third kappa shape index (κ3) is 3.24. The van der Waals surface area contributed by atoms with Crippen molar-refractivity contribution >= 4 is 27.6 Å². The van der Waals surface area contributed by atoms with Gasteiger partial charge in [0.15, 0.2) is 5.69 Å². The average molecular weight is 356 g/mol. The Morgan fingerprint density at radius 3 is 2.81 bits per heavy atom. The number of ether oxygens (including phenoxy) is 1. The highest BCUT2D eigenvalue weighted by Gasteiger charge is 2.20. The molecule has 0 radical (unpaired) electrons. The number of nitrogens with zero attached hydrogens (tertiary/aromatic N) is 2. The lowest BCUT2D eigenvalue weighted by atomic mass is 10.2. The van der Waals surface area contributed by atoms with Gasteiger partial charge in [-0.25, -0.2) is 9.18 Å². The van der Waals surface area contributed by atoms with Crippen molar-refractivity contribution < 1.29 is 13.9 Å². The first kappa shape index (κ1) is 15.5. The number of anilines is 1. The molecule has 0 spiro atoms. The van der Waals surface area contributed by atoms with E-state index in [0.717, 1.165) is 0 Å². The molecule has 21 heavy (non-hydrogen) atoms. The number of esters is 1. The molecule has 2 rings (SSSR count). The van der Waals surface area contributed by atoms with Crippen LogP contribution in [0, 0.1) is 5.82 Å². The van der Waals surface area contributed by atoms with Crippen molar-refractivity contribution in [2.24, 2.45) is 7.05 Å². The Balaban J connectivity index is 2.11. The van der Waals surface area contributed by atoms with Gasteiger partial charge in [0.1, 0.15) is 12.4 Å². The molecular weight excluding hydrogens is 341 g/mol. The second-order valence-electron chi connectivity index (χ2n) is 4.51. The summed E-state index contributed by atoms with van der Waals surface area (Å²) in [6.07, 6.45) is 0.637. The zero-order valence-electron chi connectivity index (χ0n) is 11.7. The van der Waals surface area contributed by atoms with Crippen LogP contribution in [-0.4, -0.2) is 15.7 Å². The topological polar surface area (TPSA) is 70.1 Å². The van der Waals surface area contributed by atoms with Crippen LogP contribution in [0.5, 0.6) is 0 Å². The van der Waals surface area contributed by atoms with E-state index in [-0.39, 0.29) is 18.1 Å². The zero-order chi connectivity index (χ0) is 15.6. The third-order valence-electron chi connectivity index (χ3n) is 3.04. The van der Waals surface area contributed by atoms with Gasteiger partial charge in [0, 0.05) is 7.05 Å². The quantitative estimate of drug-likeness (QED) is 0.856. The van der Waals surface area contributed by atoms with Crippen LogP contribution in [0.4, 0.5) is 10.1 Å². The third-order valence-corrected chi connectivity index (χ3v) is 3.65. The Kier molecular flexibility index (Phi) is 4.62. The molecule has 0 fully saturated rings. The molecule has 1 aromatic heterocycles. The molecular formula is C14H15BrFN3O2. The van der Waals surface area contributed by atoms with Crippen molar-refractivity contribution in [1.29, 1.82) is 0 Å². The van der Waals surface area contributed by atoms with Crippen molar-refractivity contribution in [1.82, 2.24) is 9.78 Å². The van der Waals surface area contributed by atoms with E-state index >= 15 is 0 Å². The van der Waals surface area contributed by atoms with E-state index < -0.39 is 5.97 Å². The van der Waals surface area contributed by atoms with Crippen molar-refractivity contribution in [3.8, 4) is 0 Å². The summed E-state index contributed by atoms with van der Waals surface area (Å²) in [5.41, 5.74) is 7.79. The van der Waals surface area contributed by atoms with Gasteiger partial charge >= 0.3 is 5.97 Å². The number of nitrogen functional groups attached to an aromatic ring is 1. The fourth-order valence-corrected chi connectivity index (χ4v) is 2.37. The summed E-state index contributed by atoms with van der Waals surface area (Å²) in [6.45, 7) is 1.94. The van der Waals surface area contributed by atoms with Crippen molar-refractivity contribution in [3.63, 3.8) is 0 Å². The molecule has 1 heterocycles. The molecule has 0 aliphatic heterocycles. The summed E-state index contributed by atoms with van der Waals surface area (Å²) in [5, 5.41) is 4.16. The van der Waals surface area contributed by atoms with Gasteiger partial charge in [-0.15, -0.1) is 0 Å². The Morgan fingerprint density at radius 1 is 1.52 bits per heavy atom. The summed E-state index contributed by atoms with van der Waals surface area (Å²) < 4.78 is 20.1. The molecule has 112 valence electrons. The zero-order valence-corrected chi connectivity index (χ0v) is 13.3. The minimum absolute atomic E-state index is 0.0315. The second kappa shape index (κ2) is 6.26. The molecule has 1 aromatic carbocycles. The maximum Gasteiger partial charge on any atom is 0.359 e. The van der Waals surface area contributed by atoms with Gasteiger partial charge in [-0.3, -0.25) is 4.68 Å². The summed E-state index contributed by atoms with van der Waals surface area (Å²) in [7, 11) is 1.64. The highest BCUT2D eigenvalue weighted by Crippen LogP contribution is 2.20. The molecule has 0 unspecified atom stereocenters. The Bertz CT molecular complexity index is 685. The van der Waals surface area contributed by atoms with Crippen LogP contribution in [0.3, 0.4) is 0 Å². The van der Waals surface area contributed by atoms with Gasteiger partial charge in [0.2, 0.25) is 0 Å². The van der Waals surface area contributed by atoms with Crippen LogP contribution in [-0.2, 0) is 24.8 Å². The summed E-state index contributed by atoms with van der Waals surface area (Å²) in [4.78, 5) is 12.1. The summed E-state index contributed by atoms with van der Waals surface area (Å²) in [6, 6.07) is 4.42. The number of carbonyl (C=O) groups is 1. The lowest BCUT2D eigenvalue weighted by Crippen LogP contribution is -2.12. The minimum atomic E-state index is -0.553. The fraction of sp³-hybridized carbons (Fsp3) is 0.286. The van der Waals surface area contributed by atoms with Gasteiger partial charge in [-0.1, -0.05) is 13.0 Å². The number of hydrogen-bond donors (Lipinski definition) is 1. The van der Waals surface area contributed by atoms with Gasteiger partial charge in [0.25, 0.3) is 0 Å². The van der Waals surface area contributed by atoms with E-state index in [9.17, 15) is 9.18 Å². The first-order valence-electron chi connectivity index (χ1n) is 6.36. The van der Waals surface area contributed by atoms with E-state index in [1.165, 1.54) is 10.7 Å². The van der Waals surface area contributed by atoms with Crippen LogP contribution in [0.15, 0.2) is 22.7 Å². The average Bonchev–Trinajstić information content (AvgIpc) is 2.74. The largest absolute Gasteiger partial charge is 0.456 e. The molecule has 7 heteroatoms. The normalized spacial score (nSPS) is 10.7. The second-order valence-corrected chi connectivity index (χ2v) is 5.37. The van der Waals surface area contributed by atoms with Crippen molar-refractivity contribution in [3.05, 3.63) is 45.4 Å². The first-order valence-corrected chi connectivity index (χ1v) is 7.15. The van der Waals surface area contributed by atoms with E-state index in [1.807, 2.05) is 6.92 Å². The molecule has 0 bridgehead atoms. The van der Waals surface area contributed by atoms with E-state index in [2.05, 4.69) is 21.0 Å². The molecule has 5 nitrogen and oxygen atoms in total. The molecule has 0 aliphatic rings. The lowest BCUT2D eigenvalue weighted by molar-refractivity contribution is 0.0461. The molecule has 0 amide bonds. The van der Waals surface area contributed by atoms with E-state index in [1.54, 1.807) is 19.2 Å². The highest BCUT2D eigenvalue weighted by atomic mass is 79.9. The smallest absolute Gasteiger partial charge is 0.359 e. The fourth-order valence-electron chi connectivity index (χ4n) is 1.95. The maximum atomic E-state index is 13.1. The van der Waals surface area contributed by atoms with Crippen LogP contribution in [0.1, 0.15) is 28.7 Å². The number of aryl methyl sites for hydroxylation is 2. The van der Waals surface area contributed by atoms with Crippen molar-refractivity contribution in [2.45, 2.75) is 20.0 Å². The number of hydrogen-bond acceptors (Lipinski definition) is 4. The van der Waals surface area contributed by atoms with Crippen LogP contribution >= 0.6 is 15.9 Å². The van der Waals surface area contributed by atoms with E-state index in [0.29, 0.717) is 27.8 Å². The first-order chi connectivity index (χ1) is 9.93. The minimum Gasteiger partial charge on any atom is -0.456 e. The number of nitrogens with two attached hydrogens (primary N) is 1. The Labute approximate surface area is 130 Å². The van der Waals surface area contributed by atoms with Crippen LogP contribution < -0.4 is 5.73 Å². The van der Waals surface area contributed by atoms with Crippen molar-refractivity contribution in [2.75, 3.05) is 5.73 Å². The SMILES string of the molecule is CCc1nn(C)c(C(=O)OCc2ccc(F)c(Br)c2)c1N. The lowest BCUT2D eigenvalue weighted by Gasteiger charge is -2.06. The van der Waals surface area contributed by atoms with Crippen LogP contribution in [0.2, 0.25) is 0 Å². The summed E-state index contributed by atoms with van der Waals surface area (Å²) >= 11 is 3.08. The van der Waals surface area contributed by atoms with E-state index in [4.69, 9.17) is 10.5 Å². The number of aromatic nitrogens is 2. The molecule has 2 aromatic rings. The number of carbonyl (C=O) groups excluding carboxylic acids is 1. The predicted octanol–water partition coefficient (Wildman–Crippen LogP) is 2.82. The van der Waals surface area contributed by atoms with Gasteiger partial charge in [-0.05, 0) is 40.0 Å². The summed E-state index contributed by atoms with van der Waals surface area (Å²) in [5.74, 6) is -0.920. The van der Waals surface area contributed by atoms with Gasteiger partial charge < -0.3 is 10.5 Å². The molecule has 0 saturated heterocycles. The molecule has 2 N–H and O–H groups in total. The van der Waals surface area contributed by atoms with Gasteiger partial charge in [0.05, 0.1) is 15.9 Å². The Hall–Kier alpha value is -1.89. The molecule has 0 saturated carbocycles. The number of rotatable bonds is 4. The monoisotopic (exact) mass is 355 g/mol. The number of halogens is 2. The van der Waals surface area contributed by atoms with Gasteiger partial charge in [-0.2, -0.15) is 5.10 Å². The standard InChI is InChI=1S/C14H15BrFN3O2/c1-3-11-12(17)13(19(2)18-11)14(20)21-7-8-4-5-10(16)9(15)6-8/h4-6H,3,7,17H2,1-2H3. The number of benzene rings is 1. The molecule has 0 aliphatic carbocycles. The maximum absolute atomic E-state index is 13.1. The molecule has 0 atom stereocenters. The Morgan fingerprint density at radius 2 is 2.24 bits per heavy atom. The predicted molar refractivity (Wildman–Crippen MR) is 80.2 cm³/mol.